The Bertz CT molecular complexity index is 929. The maximum Gasteiger partial charge on any atom is 0.255 e. The van der Waals surface area contributed by atoms with Crippen molar-refractivity contribution in [2.24, 2.45) is 5.10 Å². The SMILES string of the molecule is Cc1ccc(S(=O)(=O)N(C)CC(=O)N/N=C\c2cccc(Cl)c2Cl)cc1. The quantitative estimate of drug-likeness (QED) is 0.583. The highest BCUT2D eigenvalue weighted by atomic mass is 35.5. The molecule has 2 rings (SSSR count). The lowest BCUT2D eigenvalue weighted by Gasteiger charge is -2.16. The van der Waals surface area contributed by atoms with Gasteiger partial charge < -0.3 is 0 Å². The van der Waals surface area contributed by atoms with Crippen LogP contribution in [0.5, 0.6) is 0 Å². The highest BCUT2D eigenvalue weighted by Gasteiger charge is 2.22. The number of benzene rings is 2. The predicted molar refractivity (Wildman–Crippen MR) is 103 cm³/mol. The van der Waals surface area contributed by atoms with Gasteiger partial charge in [0, 0.05) is 12.6 Å². The van der Waals surface area contributed by atoms with E-state index in [1.165, 1.54) is 25.4 Å². The summed E-state index contributed by atoms with van der Waals surface area (Å²) in [5.74, 6) is -0.586. The highest BCUT2D eigenvalue weighted by Crippen LogP contribution is 2.24. The van der Waals surface area contributed by atoms with Gasteiger partial charge in [-0.15, -0.1) is 0 Å². The fraction of sp³-hybridized carbons (Fsp3) is 0.176. The van der Waals surface area contributed by atoms with Crippen LogP contribution in [0.25, 0.3) is 0 Å². The van der Waals surface area contributed by atoms with E-state index in [4.69, 9.17) is 23.2 Å². The maximum atomic E-state index is 12.4. The van der Waals surface area contributed by atoms with Crippen LogP contribution >= 0.6 is 23.2 Å². The molecule has 9 heteroatoms. The average Bonchev–Trinajstić information content (AvgIpc) is 2.59. The number of amides is 1. The van der Waals surface area contributed by atoms with E-state index in [1.807, 2.05) is 6.92 Å². The van der Waals surface area contributed by atoms with E-state index in [0.717, 1.165) is 9.87 Å². The zero-order chi connectivity index (χ0) is 19.3. The van der Waals surface area contributed by atoms with Gasteiger partial charge in [0.05, 0.1) is 27.7 Å². The first-order chi connectivity index (χ1) is 12.2. The number of nitrogens with zero attached hydrogens (tertiary/aromatic N) is 2. The summed E-state index contributed by atoms with van der Waals surface area (Å²) in [6.07, 6.45) is 1.33. The van der Waals surface area contributed by atoms with Gasteiger partial charge in [-0.1, -0.05) is 53.0 Å². The molecule has 26 heavy (non-hydrogen) atoms. The number of hydrogen-bond acceptors (Lipinski definition) is 4. The number of carbonyl (C=O) groups is 1. The van der Waals surface area contributed by atoms with Crippen molar-refractivity contribution in [2.75, 3.05) is 13.6 Å². The van der Waals surface area contributed by atoms with E-state index in [0.29, 0.717) is 15.6 Å². The van der Waals surface area contributed by atoms with Gasteiger partial charge in [0.2, 0.25) is 10.0 Å². The van der Waals surface area contributed by atoms with E-state index in [1.54, 1.807) is 30.3 Å². The largest absolute Gasteiger partial charge is 0.272 e. The molecule has 0 aromatic heterocycles. The standard InChI is InChI=1S/C17H17Cl2N3O3S/c1-12-6-8-14(9-7-12)26(24,25)22(2)11-16(23)21-20-10-13-4-3-5-15(18)17(13)19/h3-10H,11H2,1-2H3,(H,21,23)/b20-10-. The zero-order valence-corrected chi connectivity index (χ0v) is 16.4. The molecule has 0 aliphatic heterocycles. The molecule has 6 nitrogen and oxygen atoms in total. The Labute approximate surface area is 162 Å². The second kappa shape index (κ2) is 8.64. The minimum absolute atomic E-state index is 0.118. The number of sulfonamides is 1. The van der Waals surface area contributed by atoms with Crippen LogP contribution in [0.4, 0.5) is 0 Å². The lowest BCUT2D eigenvalue weighted by molar-refractivity contribution is -0.121. The Kier molecular flexibility index (Phi) is 6.77. The monoisotopic (exact) mass is 413 g/mol. The lowest BCUT2D eigenvalue weighted by Crippen LogP contribution is -2.36. The fourth-order valence-corrected chi connectivity index (χ4v) is 3.49. The third kappa shape index (κ3) is 5.04. The number of hydrazone groups is 1. The minimum Gasteiger partial charge on any atom is -0.272 e. The fourth-order valence-electron chi connectivity index (χ4n) is 2.01. The molecule has 0 aliphatic rings. The van der Waals surface area contributed by atoms with Crippen LogP contribution in [-0.2, 0) is 14.8 Å². The number of rotatable bonds is 6. The van der Waals surface area contributed by atoms with Crippen molar-refractivity contribution in [1.82, 2.24) is 9.73 Å². The Morgan fingerprint density at radius 1 is 1.19 bits per heavy atom. The van der Waals surface area contributed by atoms with Crippen molar-refractivity contribution in [2.45, 2.75) is 11.8 Å². The lowest BCUT2D eigenvalue weighted by atomic mass is 10.2. The maximum absolute atomic E-state index is 12.4. The predicted octanol–water partition coefficient (Wildman–Crippen LogP) is 3.07. The molecule has 0 spiro atoms. The van der Waals surface area contributed by atoms with Gasteiger partial charge in [-0.2, -0.15) is 9.41 Å². The minimum atomic E-state index is -3.76. The van der Waals surface area contributed by atoms with E-state index in [2.05, 4.69) is 10.5 Å². The van der Waals surface area contributed by atoms with Crippen LogP contribution in [0, 0.1) is 6.92 Å². The second-order valence-corrected chi connectivity index (χ2v) is 8.34. The van der Waals surface area contributed by atoms with Crippen molar-refractivity contribution in [3.05, 3.63) is 63.6 Å². The molecule has 0 saturated heterocycles. The van der Waals surface area contributed by atoms with Gasteiger partial charge >= 0.3 is 0 Å². The molecule has 0 atom stereocenters. The highest BCUT2D eigenvalue weighted by molar-refractivity contribution is 7.89. The van der Waals surface area contributed by atoms with Gasteiger partial charge in [-0.3, -0.25) is 4.79 Å². The number of likely N-dealkylation sites (N-methyl/N-ethyl adjacent to an activating group) is 1. The van der Waals surface area contributed by atoms with Gasteiger partial charge in [-0.25, -0.2) is 13.8 Å². The van der Waals surface area contributed by atoms with Crippen LogP contribution in [0.1, 0.15) is 11.1 Å². The summed E-state index contributed by atoms with van der Waals surface area (Å²) in [5.41, 5.74) is 3.73. The molecule has 138 valence electrons. The summed E-state index contributed by atoms with van der Waals surface area (Å²) in [7, 11) is -2.43. The molecule has 0 aliphatic carbocycles. The molecule has 2 aromatic rings. The number of nitrogens with one attached hydrogen (secondary N) is 1. The molecule has 0 unspecified atom stereocenters. The first-order valence-corrected chi connectivity index (χ1v) is 9.70. The molecule has 1 N–H and O–H groups in total. The zero-order valence-electron chi connectivity index (χ0n) is 14.1. The molecule has 0 radical (unpaired) electrons. The summed E-state index contributed by atoms with van der Waals surface area (Å²) >= 11 is 11.9. The van der Waals surface area contributed by atoms with Gasteiger partial charge in [-0.05, 0) is 25.1 Å². The third-order valence-corrected chi connectivity index (χ3v) is 6.12. The second-order valence-electron chi connectivity index (χ2n) is 5.51. The first-order valence-electron chi connectivity index (χ1n) is 7.50. The van der Waals surface area contributed by atoms with Crippen LogP contribution < -0.4 is 5.43 Å². The summed E-state index contributed by atoms with van der Waals surface area (Å²) in [4.78, 5) is 12.1. The molecular weight excluding hydrogens is 397 g/mol. The summed E-state index contributed by atoms with van der Waals surface area (Å²) in [5, 5.41) is 4.45. The molecule has 0 heterocycles. The van der Waals surface area contributed by atoms with Gasteiger partial charge in [0.1, 0.15) is 0 Å². The van der Waals surface area contributed by atoms with E-state index >= 15 is 0 Å². The normalized spacial score (nSPS) is 11.9. The summed E-state index contributed by atoms with van der Waals surface area (Å²) < 4.78 is 25.8. The number of carbonyl (C=O) groups excluding carboxylic acids is 1. The van der Waals surface area contributed by atoms with E-state index in [-0.39, 0.29) is 11.4 Å². The van der Waals surface area contributed by atoms with E-state index in [9.17, 15) is 13.2 Å². The molecular formula is C17H17Cl2N3O3S. The Balaban J connectivity index is 1.99. The summed E-state index contributed by atoms with van der Waals surface area (Å²) in [6.45, 7) is 1.48. The van der Waals surface area contributed by atoms with Crippen LogP contribution in [0.15, 0.2) is 52.5 Å². The van der Waals surface area contributed by atoms with Crippen LogP contribution in [-0.4, -0.2) is 38.4 Å². The smallest absolute Gasteiger partial charge is 0.255 e. The number of hydrogen-bond donors (Lipinski definition) is 1. The number of aryl methyl sites for hydroxylation is 1. The van der Waals surface area contributed by atoms with Crippen molar-refractivity contribution in [3.8, 4) is 0 Å². The van der Waals surface area contributed by atoms with Crippen molar-refractivity contribution >= 4 is 45.3 Å². The van der Waals surface area contributed by atoms with Crippen molar-refractivity contribution in [3.63, 3.8) is 0 Å². The van der Waals surface area contributed by atoms with Crippen LogP contribution in [0.3, 0.4) is 0 Å². The Morgan fingerprint density at radius 3 is 2.50 bits per heavy atom. The van der Waals surface area contributed by atoms with Gasteiger partial charge in [0.25, 0.3) is 5.91 Å². The average molecular weight is 414 g/mol. The summed E-state index contributed by atoms with van der Waals surface area (Å²) in [6, 6.07) is 11.4. The van der Waals surface area contributed by atoms with Gasteiger partial charge in [0.15, 0.2) is 0 Å². The third-order valence-electron chi connectivity index (χ3n) is 3.47. The Hall–Kier alpha value is -1.93. The molecule has 2 aromatic carbocycles. The van der Waals surface area contributed by atoms with E-state index < -0.39 is 15.9 Å². The topological polar surface area (TPSA) is 78.8 Å². The molecule has 1 amide bonds. The van der Waals surface area contributed by atoms with Crippen LogP contribution in [0.2, 0.25) is 10.0 Å². The first kappa shape index (κ1) is 20.4. The Morgan fingerprint density at radius 2 is 1.85 bits per heavy atom. The van der Waals surface area contributed by atoms with Crippen molar-refractivity contribution in [1.29, 1.82) is 0 Å². The van der Waals surface area contributed by atoms with Crippen molar-refractivity contribution < 1.29 is 13.2 Å². The molecule has 0 bridgehead atoms. The number of halogens is 2. The molecule has 0 saturated carbocycles. The molecule has 0 fully saturated rings.